The second-order valence-corrected chi connectivity index (χ2v) is 7.39. The van der Waals surface area contributed by atoms with Crippen molar-refractivity contribution in [3.05, 3.63) is 65.9 Å². The second kappa shape index (κ2) is 10.5. The summed E-state index contributed by atoms with van der Waals surface area (Å²) in [5.74, 6) is 1.46. The highest BCUT2D eigenvalue weighted by molar-refractivity contribution is 5.93. The van der Waals surface area contributed by atoms with Gasteiger partial charge < -0.3 is 14.8 Å². The van der Waals surface area contributed by atoms with Crippen LogP contribution in [0.2, 0.25) is 0 Å². The third kappa shape index (κ3) is 6.11. The molecule has 0 atom stereocenters. The van der Waals surface area contributed by atoms with Gasteiger partial charge in [0, 0.05) is 12.1 Å². The summed E-state index contributed by atoms with van der Waals surface area (Å²) in [4.78, 5) is 12.4. The van der Waals surface area contributed by atoms with Crippen molar-refractivity contribution < 1.29 is 14.3 Å². The molecule has 1 heterocycles. The molecule has 1 amide bonds. The van der Waals surface area contributed by atoms with Crippen molar-refractivity contribution in [3.63, 3.8) is 0 Å². The Labute approximate surface area is 177 Å². The van der Waals surface area contributed by atoms with Gasteiger partial charge in [-0.15, -0.1) is 0 Å². The Bertz CT molecular complexity index is 931. The van der Waals surface area contributed by atoms with Crippen LogP contribution in [0.15, 0.2) is 54.6 Å². The predicted molar refractivity (Wildman–Crippen MR) is 118 cm³/mol. The van der Waals surface area contributed by atoms with E-state index >= 15 is 0 Å². The zero-order valence-electron chi connectivity index (χ0n) is 17.8. The van der Waals surface area contributed by atoms with Gasteiger partial charge in [0.05, 0.1) is 18.4 Å². The van der Waals surface area contributed by atoms with Crippen LogP contribution >= 0.6 is 0 Å². The average Bonchev–Trinajstić information content (AvgIpc) is 3.24. The lowest BCUT2D eigenvalue weighted by atomic mass is 10.1. The second-order valence-electron chi connectivity index (χ2n) is 7.39. The molecule has 158 valence electrons. The topological polar surface area (TPSA) is 76.2 Å². The largest absolute Gasteiger partial charge is 0.494 e. The zero-order valence-corrected chi connectivity index (χ0v) is 17.8. The third-order valence-corrected chi connectivity index (χ3v) is 4.49. The molecular weight excluding hydrogens is 378 g/mol. The van der Waals surface area contributed by atoms with Gasteiger partial charge in [0.15, 0.2) is 0 Å². The van der Waals surface area contributed by atoms with Crippen LogP contribution in [0.1, 0.15) is 49.7 Å². The van der Waals surface area contributed by atoms with E-state index in [0.717, 1.165) is 47.8 Å². The number of ether oxygens (including phenoxy) is 2. The van der Waals surface area contributed by atoms with E-state index in [1.807, 2.05) is 62.4 Å². The number of aromatic amines is 1. The minimum Gasteiger partial charge on any atom is -0.494 e. The molecule has 0 unspecified atom stereocenters. The smallest absolute Gasteiger partial charge is 0.269 e. The van der Waals surface area contributed by atoms with Crippen molar-refractivity contribution in [2.75, 3.05) is 6.61 Å². The fourth-order valence-electron chi connectivity index (χ4n) is 2.88. The first-order valence-electron chi connectivity index (χ1n) is 10.4. The lowest BCUT2D eigenvalue weighted by molar-refractivity contribution is 0.0946. The summed E-state index contributed by atoms with van der Waals surface area (Å²) in [5, 5.41) is 9.98. The standard InChI is InChI=1S/C24H29N3O3/c1-4-5-14-29-20-12-8-19(9-13-20)22-15-23(27-26-22)24(28)25-16-18-6-10-21(11-7-18)30-17(2)3/h6-13,15,17H,4-5,14,16H2,1-3H3,(H,25,28)(H,26,27). The molecule has 30 heavy (non-hydrogen) atoms. The molecule has 0 fully saturated rings. The number of nitrogens with one attached hydrogen (secondary N) is 2. The van der Waals surface area contributed by atoms with Crippen LogP contribution < -0.4 is 14.8 Å². The minimum absolute atomic E-state index is 0.134. The summed E-state index contributed by atoms with van der Waals surface area (Å²) in [5.41, 5.74) is 3.07. The van der Waals surface area contributed by atoms with Gasteiger partial charge in [-0.1, -0.05) is 25.5 Å². The summed E-state index contributed by atoms with van der Waals surface area (Å²) in [7, 11) is 0. The summed E-state index contributed by atoms with van der Waals surface area (Å²) in [6.07, 6.45) is 2.28. The minimum atomic E-state index is -0.198. The van der Waals surface area contributed by atoms with Gasteiger partial charge in [0.1, 0.15) is 17.2 Å². The maximum Gasteiger partial charge on any atom is 0.269 e. The van der Waals surface area contributed by atoms with Gasteiger partial charge in [0.25, 0.3) is 5.91 Å². The Morgan fingerprint density at radius 3 is 2.43 bits per heavy atom. The van der Waals surface area contributed by atoms with Crippen molar-refractivity contribution in [1.82, 2.24) is 15.5 Å². The van der Waals surface area contributed by atoms with Gasteiger partial charge in [-0.05, 0) is 68.3 Å². The highest BCUT2D eigenvalue weighted by Crippen LogP contribution is 2.21. The zero-order chi connectivity index (χ0) is 21.3. The molecule has 0 aliphatic carbocycles. The van der Waals surface area contributed by atoms with E-state index in [1.165, 1.54) is 0 Å². The van der Waals surface area contributed by atoms with Crippen LogP contribution in [0, 0.1) is 0 Å². The quantitative estimate of drug-likeness (QED) is 0.465. The van der Waals surface area contributed by atoms with E-state index in [1.54, 1.807) is 6.07 Å². The number of H-pyrrole nitrogens is 1. The molecule has 1 aromatic heterocycles. The number of aromatic nitrogens is 2. The van der Waals surface area contributed by atoms with Gasteiger partial charge >= 0.3 is 0 Å². The first-order valence-corrected chi connectivity index (χ1v) is 10.4. The Hall–Kier alpha value is -3.28. The Kier molecular flexibility index (Phi) is 7.49. The maximum absolute atomic E-state index is 12.4. The van der Waals surface area contributed by atoms with Crippen LogP contribution in [0.4, 0.5) is 0 Å². The van der Waals surface area contributed by atoms with E-state index in [9.17, 15) is 4.79 Å². The first kappa shape index (κ1) is 21.4. The number of hydrogen-bond donors (Lipinski definition) is 2. The SMILES string of the molecule is CCCCOc1ccc(-c2cc(C(=O)NCc3ccc(OC(C)C)cc3)[nH]n2)cc1. The molecular formula is C24H29N3O3. The molecule has 0 aliphatic heterocycles. The lowest BCUT2D eigenvalue weighted by Crippen LogP contribution is -2.23. The maximum atomic E-state index is 12.4. The predicted octanol–water partition coefficient (Wildman–Crippen LogP) is 4.97. The van der Waals surface area contributed by atoms with E-state index in [4.69, 9.17) is 9.47 Å². The lowest BCUT2D eigenvalue weighted by Gasteiger charge is -2.10. The number of benzene rings is 2. The molecule has 6 heteroatoms. The molecule has 0 radical (unpaired) electrons. The van der Waals surface area contributed by atoms with Crippen molar-refractivity contribution in [2.24, 2.45) is 0 Å². The molecule has 0 aliphatic rings. The molecule has 3 aromatic rings. The van der Waals surface area contributed by atoms with Gasteiger partial charge in [0.2, 0.25) is 0 Å². The molecule has 3 rings (SSSR count). The number of rotatable bonds is 10. The molecule has 0 bridgehead atoms. The summed E-state index contributed by atoms with van der Waals surface area (Å²) in [6.45, 7) is 7.26. The van der Waals surface area contributed by atoms with E-state index in [0.29, 0.717) is 12.2 Å². The number of carbonyl (C=O) groups excluding carboxylic acids is 1. The number of hydrogen-bond acceptors (Lipinski definition) is 4. The van der Waals surface area contributed by atoms with Crippen molar-refractivity contribution in [2.45, 2.75) is 46.3 Å². The van der Waals surface area contributed by atoms with Crippen LogP contribution in [0.3, 0.4) is 0 Å². The average molecular weight is 408 g/mol. The normalized spacial score (nSPS) is 10.8. The molecule has 2 aromatic carbocycles. The highest BCUT2D eigenvalue weighted by atomic mass is 16.5. The molecule has 6 nitrogen and oxygen atoms in total. The third-order valence-electron chi connectivity index (χ3n) is 4.49. The van der Waals surface area contributed by atoms with Crippen LogP contribution in [-0.4, -0.2) is 28.8 Å². The Balaban J connectivity index is 1.54. The van der Waals surface area contributed by atoms with Crippen LogP contribution in [0.25, 0.3) is 11.3 Å². The fraction of sp³-hybridized carbons (Fsp3) is 0.333. The van der Waals surface area contributed by atoms with Gasteiger partial charge in [-0.3, -0.25) is 9.89 Å². The Morgan fingerprint density at radius 2 is 1.77 bits per heavy atom. The van der Waals surface area contributed by atoms with Gasteiger partial charge in [-0.2, -0.15) is 5.10 Å². The molecule has 0 saturated carbocycles. The number of unbranched alkanes of at least 4 members (excludes halogenated alkanes) is 1. The van der Waals surface area contributed by atoms with E-state index in [2.05, 4.69) is 22.4 Å². The number of nitrogens with zero attached hydrogens (tertiary/aromatic N) is 1. The van der Waals surface area contributed by atoms with Crippen molar-refractivity contribution in [1.29, 1.82) is 0 Å². The first-order chi connectivity index (χ1) is 14.5. The van der Waals surface area contributed by atoms with Crippen molar-refractivity contribution >= 4 is 5.91 Å². The summed E-state index contributed by atoms with van der Waals surface area (Å²) < 4.78 is 11.3. The monoisotopic (exact) mass is 407 g/mol. The Morgan fingerprint density at radius 1 is 1.07 bits per heavy atom. The van der Waals surface area contributed by atoms with Crippen LogP contribution in [0.5, 0.6) is 11.5 Å². The van der Waals surface area contributed by atoms with Crippen molar-refractivity contribution in [3.8, 4) is 22.8 Å². The highest BCUT2D eigenvalue weighted by Gasteiger charge is 2.11. The summed E-state index contributed by atoms with van der Waals surface area (Å²) >= 11 is 0. The molecule has 2 N–H and O–H groups in total. The van der Waals surface area contributed by atoms with Gasteiger partial charge in [-0.25, -0.2) is 0 Å². The summed E-state index contributed by atoms with van der Waals surface area (Å²) in [6, 6.07) is 17.2. The number of carbonyl (C=O) groups is 1. The number of amides is 1. The molecule has 0 spiro atoms. The molecule has 0 saturated heterocycles. The fourth-order valence-corrected chi connectivity index (χ4v) is 2.88. The van der Waals surface area contributed by atoms with Crippen LogP contribution in [-0.2, 0) is 6.54 Å². The van der Waals surface area contributed by atoms with E-state index in [-0.39, 0.29) is 12.0 Å². The van der Waals surface area contributed by atoms with E-state index < -0.39 is 0 Å².